The van der Waals surface area contributed by atoms with E-state index in [0.29, 0.717) is 6.54 Å². The summed E-state index contributed by atoms with van der Waals surface area (Å²) in [5.41, 5.74) is 8.31. The van der Waals surface area contributed by atoms with Gasteiger partial charge in [-0.25, -0.2) is 4.98 Å². The molecule has 0 radical (unpaired) electrons. The fraction of sp³-hybridized carbons (Fsp3) is 0.417. The van der Waals surface area contributed by atoms with E-state index in [2.05, 4.69) is 38.8 Å². The summed E-state index contributed by atoms with van der Waals surface area (Å²) in [6.07, 6.45) is 5.20. The van der Waals surface area contributed by atoms with Crippen LogP contribution in [0.4, 0.5) is 5.82 Å². The van der Waals surface area contributed by atoms with Crippen LogP contribution in [0.1, 0.15) is 18.9 Å². The average Bonchev–Trinajstić information content (AvgIpc) is 2.30. The number of nitrogens with zero attached hydrogens (tertiary/aromatic N) is 2. The number of anilines is 1. The second-order valence-electron chi connectivity index (χ2n) is 4.09. The van der Waals surface area contributed by atoms with Crippen LogP contribution in [0.2, 0.25) is 0 Å². The van der Waals surface area contributed by atoms with Gasteiger partial charge >= 0.3 is 0 Å². The first-order chi connectivity index (χ1) is 7.70. The summed E-state index contributed by atoms with van der Waals surface area (Å²) in [5.74, 6) is 1.02. The number of aromatic nitrogens is 1. The molecule has 0 saturated heterocycles. The van der Waals surface area contributed by atoms with Crippen molar-refractivity contribution in [2.24, 2.45) is 5.73 Å². The molecule has 1 aromatic rings. The number of nitrogens with two attached hydrogens (primary N) is 1. The zero-order valence-electron chi connectivity index (χ0n) is 9.41. The first kappa shape index (κ1) is 11.6. The Morgan fingerprint density at radius 1 is 1.56 bits per heavy atom. The van der Waals surface area contributed by atoms with Crippen LogP contribution in [-0.2, 0) is 6.54 Å². The van der Waals surface area contributed by atoms with Gasteiger partial charge in [0, 0.05) is 35.9 Å². The minimum Gasteiger partial charge on any atom is -0.352 e. The zero-order chi connectivity index (χ0) is 11.5. The molecule has 0 amide bonds. The second kappa shape index (κ2) is 4.97. The maximum absolute atomic E-state index is 5.75. The third-order valence-corrected chi connectivity index (χ3v) is 3.30. The summed E-state index contributed by atoms with van der Waals surface area (Å²) in [6, 6.07) is 2.05. The standard InChI is InChI=1S/C12H16BrN3/c1-9-2-4-16(5-3-9)12-10(7-14)6-11(13)8-15-12/h2,6,8H,3-5,7,14H2,1H3. The van der Waals surface area contributed by atoms with E-state index in [1.54, 1.807) is 0 Å². The van der Waals surface area contributed by atoms with Crippen molar-refractivity contribution in [3.05, 3.63) is 33.9 Å². The van der Waals surface area contributed by atoms with E-state index >= 15 is 0 Å². The predicted octanol–water partition coefficient (Wildman–Crippen LogP) is 2.46. The number of rotatable bonds is 2. The summed E-state index contributed by atoms with van der Waals surface area (Å²) < 4.78 is 0.987. The van der Waals surface area contributed by atoms with Gasteiger partial charge in [-0.2, -0.15) is 0 Å². The van der Waals surface area contributed by atoms with Crippen molar-refractivity contribution in [2.75, 3.05) is 18.0 Å². The molecule has 0 unspecified atom stereocenters. The Morgan fingerprint density at radius 2 is 2.38 bits per heavy atom. The molecule has 2 heterocycles. The Hall–Kier alpha value is -0.870. The van der Waals surface area contributed by atoms with Crippen LogP contribution in [0.3, 0.4) is 0 Å². The van der Waals surface area contributed by atoms with E-state index in [9.17, 15) is 0 Å². The topological polar surface area (TPSA) is 42.2 Å². The van der Waals surface area contributed by atoms with Gasteiger partial charge in [0.2, 0.25) is 0 Å². The quantitative estimate of drug-likeness (QED) is 0.847. The maximum atomic E-state index is 5.75. The van der Waals surface area contributed by atoms with Gasteiger partial charge < -0.3 is 10.6 Å². The molecule has 0 saturated carbocycles. The molecular formula is C12H16BrN3. The molecule has 0 spiro atoms. The van der Waals surface area contributed by atoms with Crippen LogP contribution in [0.15, 0.2) is 28.4 Å². The van der Waals surface area contributed by atoms with Crippen LogP contribution < -0.4 is 10.6 Å². The summed E-state index contributed by atoms with van der Waals surface area (Å²) >= 11 is 3.42. The molecule has 3 nitrogen and oxygen atoms in total. The van der Waals surface area contributed by atoms with Gasteiger partial charge in [-0.1, -0.05) is 11.6 Å². The predicted molar refractivity (Wildman–Crippen MR) is 70.4 cm³/mol. The molecule has 86 valence electrons. The van der Waals surface area contributed by atoms with Crippen molar-refractivity contribution in [2.45, 2.75) is 19.9 Å². The first-order valence-corrected chi connectivity index (χ1v) is 6.25. The summed E-state index contributed by atoms with van der Waals surface area (Å²) in [4.78, 5) is 6.75. The highest BCUT2D eigenvalue weighted by Crippen LogP contribution is 2.23. The van der Waals surface area contributed by atoms with Gasteiger partial charge in [0.15, 0.2) is 0 Å². The van der Waals surface area contributed by atoms with E-state index < -0.39 is 0 Å². The molecule has 4 heteroatoms. The molecule has 1 aromatic heterocycles. The minimum absolute atomic E-state index is 0.529. The molecule has 0 bridgehead atoms. The van der Waals surface area contributed by atoms with Gasteiger partial charge in [0.05, 0.1) is 0 Å². The molecule has 0 aromatic carbocycles. The first-order valence-electron chi connectivity index (χ1n) is 5.46. The van der Waals surface area contributed by atoms with Gasteiger partial charge in [-0.3, -0.25) is 0 Å². The minimum atomic E-state index is 0.529. The highest BCUT2D eigenvalue weighted by Gasteiger charge is 2.14. The van der Waals surface area contributed by atoms with E-state index in [0.717, 1.165) is 35.4 Å². The Morgan fingerprint density at radius 3 is 3.00 bits per heavy atom. The van der Waals surface area contributed by atoms with Gasteiger partial charge in [0.25, 0.3) is 0 Å². The lowest BCUT2D eigenvalue weighted by Crippen LogP contribution is -2.30. The molecule has 2 N–H and O–H groups in total. The van der Waals surface area contributed by atoms with E-state index in [4.69, 9.17) is 5.73 Å². The van der Waals surface area contributed by atoms with Gasteiger partial charge in [0.1, 0.15) is 5.82 Å². The number of halogens is 1. The maximum Gasteiger partial charge on any atom is 0.133 e. The highest BCUT2D eigenvalue weighted by atomic mass is 79.9. The number of pyridine rings is 1. The van der Waals surface area contributed by atoms with Gasteiger partial charge in [-0.15, -0.1) is 0 Å². The fourth-order valence-corrected chi connectivity index (χ4v) is 2.25. The van der Waals surface area contributed by atoms with E-state index in [1.807, 2.05) is 12.3 Å². The smallest absolute Gasteiger partial charge is 0.133 e. The largest absolute Gasteiger partial charge is 0.352 e. The second-order valence-corrected chi connectivity index (χ2v) is 5.00. The third-order valence-electron chi connectivity index (χ3n) is 2.87. The van der Waals surface area contributed by atoms with Crippen molar-refractivity contribution in [1.82, 2.24) is 4.98 Å². The fourth-order valence-electron chi connectivity index (χ4n) is 1.87. The molecule has 0 atom stereocenters. The molecule has 1 aliphatic rings. The molecule has 2 rings (SSSR count). The van der Waals surface area contributed by atoms with Crippen LogP contribution in [0, 0.1) is 0 Å². The molecule has 0 aliphatic carbocycles. The molecule has 0 fully saturated rings. The lowest BCUT2D eigenvalue weighted by molar-refractivity contribution is 0.767. The van der Waals surface area contributed by atoms with E-state index in [-0.39, 0.29) is 0 Å². The zero-order valence-corrected chi connectivity index (χ0v) is 11.0. The number of hydrogen-bond acceptors (Lipinski definition) is 3. The van der Waals surface area contributed by atoms with Crippen molar-refractivity contribution >= 4 is 21.7 Å². The lowest BCUT2D eigenvalue weighted by atomic mass is 10.1. The molecule has 16 heavy (non-hydrogen) atoms. The monoisotopic (exact) mass is 281 g/mol. The molecule has 1 aliphatic heterocycles. The Kier molecular flexibility index (Phi) is 3.61. The summed E-state index contributed by atoms with van der Waals surface area (Å²) in [6.45, 7) is 4.68. The Bertz CT molecular complexity index is 415. The highest BCUT2D eigenvalue weighted by molar-refractivity contribution is 9.10. The van der Waals surface area contributed by atoms with Crippen molar-refractivity contribution in [3.8, 4) is 0 Å². The Labute approximate surface area is 104 Å². The summed E-state index contributed by atoms with van der Waals surface area (Å²) in [7, 11) is 0. The summed E-state index contributed by atoms with van der Waals surface area (Å²) in [5, 5.41) is 0. The van der Waals surface area contributed by atoms with Crippen LogP contribution >= 0.6 is 15.9 Å². The van der Waals surface area contributed by atoms with Crippen molar-refractivity contribution < 1.29 is 0 Å². The number of hydrogen-bond donors (Lipinski definition) is 1. The lowest BCUT2D eigenvalue weighted by Gasteiger charge is -2.28. The van der Waals surface area contributed by atoms with Crippen LogP contribution in [-0.4, -0.2) is 18.1 Å². The van der Waals surface area contributed by atoms with E-state index in [1.165, 1.54) is 5.57 Å². The normalized spacial score (nSPS) is 16.2. The third kappa shape index (κ3) is 2.44. The van der Waals surface area contributed by atoms with Crippen LogP contribution in [0.5, 0.6) is 0 Å². The Balaban J connectivity index is 2.27. The van der Waals surface area contributed by atoms with Gasteiger partial charge in [-0.05, 0) is 35.3 Å². The average molecular weight is 282 g/mol. The van der Waals surface area contributed by atoms with Crippen LogP contribution in [0.25, 0.3) is 0 Å². The SMILES string of the molecule is CC1=CCN(c2ncc(Br)cc2CN)CC1. The van der Waals surface area contributed by atoms with Crippen molar-refractivity contribution in [3.63, 3.8) is 0 Å². The van der Waals surface area contributed by atoms with Crippen molar-refractivity contribution in [1.29, 1.82) is 0 Å². The molecular weight excluding hydrogens is 266 g/mol.